The van der Waals surface area contributed by atoms with E-state index in [2.05, 4.69) is 10.3 Å². The summed E-state index contributed by atoms with van der Waals surface area (Å²) in [6.45, 7) is 0.431. The molecule has 0 saturated carbocycles. The van der Waals surface area contributed by atoms with E-state index in [-0.39, 0.29) is 0 Å². The normalized spacial score (nSPS) is 23.3. The van der Waals surface area contributed by atoms with Gasteiger partial charge in [0.2, 0.25) is 0 Å². The lowest BCUT2D eigenvalue weighted by atomic mass is 10.00. The molecule has 0 aromatic carbocycles. The monoisotopic (exact) mass is 199 g/mol. The van der Waals surface area contributed by atoms with Crippen LogP contribution in [0, 0.1) is 0 Å². The standard InChI is InChI=1S/C8H13N3OS/c9-4-7-8(11-12-10-7)6-2-1-3-13-5-6/h6H,1-5,9H2. The van der Waals surface area contributed by atoms with E-state index >= 15 is 0 Å². The number of nitrogens with two attached hydrogens (primary N) is 1. The van der Waals surface area contributed by atoms with Crippen molar-refractivity contribution < 1.29 is 4.63 Å². The zero-order valence-electron chi connectivity index (χ0n) is 7.40. The highest BCUT2D eigenvalue weighted by Crippen LogP contribution is 2.31. The Hall–Kier alpha value is -0.550. The number of rotatable bonds is 2. The Bertz CT molecular complexity index is 270. The zero-order chi connectivity index (χ0) is 9.10. The average Bonchev–Trinajstić information content (AvgIpc) is 2.67. The summed E-state index contributed by atoms with van der Waals surface area (Å²) >= 11 is 1.97. The molecule has 0 radical (unpaired) electrons. The second-order valence-corrected chi connectivity index (χ2v) is 4.36. The van der Waals surface area contributed by atoms with Gasteiger partial charge in [-0.1, -0.05) is 10.3 Å². The smallest absolute Gasteiger partial charge is 0.122 e. The van der Waals surface area contributed by atoms with Gasteiger partial charge in [0, 0.05) is 18.2 Å². The average molecular weight is 199 g/mol. The van der Waals surface area contributed by atoms with E-state index < -0.39 is 0 Å². The first-order chi connectivity index (χ1) is 6.42. The molecule has 1 aromatic rings. The lowest BCUT2D eigenvalue weighted by Gasteiger charge is -2.18. The molecule has 1 fully saturated rings. The van der Waals surface area contributed by atoms with Gasteiger partial charge in [0.05, 0.1) is 0 Å². The highest BCUT2D eigenvalue weighted by Gasteiger charge is 2.22. The molecule has 4 nitrogen and oxygen atoms in total. The molecule has 1 aromatic heterocycles. The number of hydrogen-bond donors (Lipinski definition) is 1. The first kappa shape index (κ1) is 9.02. The van der Waals surface area contributed by atoms with Gasteiger partial charge in [0.1, 0.15) is 11.4 Å². The largest absolute Gasteiger partial charge is 0.325 e. The third kappa shape index (κ3) is 1.86. The summed E-state index contributed by atoms with van der Waals surface area (Å²) in [5, 5.41) is 7.72. The van der Waals surface area contributed by atoms with Crippen LogP contribution in [0.3, 0.4) is 0 Å². The SMILES string of the molecule is NCc1nonc1C1CCCSC1. The van der Waals surface area contributed by atoms with Crippen LogP contribution in [0.25, 0.3) is 0 Å². The topological polar surface area (TPSA) is 64.9 Å². The molecule has 0 bridgehead atoms. The summed E-state index contributed by atoms with van der Waals surface area (Å²) in [7, 11) is 0. The molecule has 2 rings (SSSR count). The number of aromatic nitrogens is 2. The van der Waals surface area contributed by atoms with Gasteiger partial charge in [-0.15, -0.1) is 0 Å². The van der Waals surface area contributed by atoms with E-state index in [0.29, 0.717) is 12.5 Å². The Kier molecular flexibility index (Phi) is 2.85. The first-order valence-corrected chi connectivity index (χ1v) is 5.66. The van der Waals surface area contributed by atoms with Crippen LogP contribution in [0.5, 0.6) is 0 Å². The van der Waals surface area contributed by atoms with Crippen molar-refractivity contribution in [1.29, 1.82) is 0 Å². The third-order valence-electron chi connectivity index (χ3n) is 2.33. The maximum absolute atomic E-state index is 5.53. The van der Waals surface area contributed by atoms with Gasteiger partial charge < -0.3 is 5.73 Å². The molecule has 72 valence electrons. The van der Waals surface area contributed by atoms with Crippen LogP contribution in [-0.4, -0.2) is 21.8 Å². The predicted octanol–water partition coefficient (Wildman–Crippen LogP) is 1.14. The van der Waals surface area contributed by atoms with Gasteiger partial charge in [0.15, 0.2) is 0 Å². The minimum Gasteiger partial charge on any atom is -0.325 e. The number of thioether (sulfide) groups is 1. The highest BCUT2D eigenvalue weighted by molar-refractivity contribution is 7.99. The summed E-state index contributed by atoms with van der Waals surface area (Å²) in [6.07, 6.45) is 2.44. The van der Waals surface area contributed by atoms with Gasteiger partial charge in [-0.25, -0.2) is 4.63 Å². The Morgan fingerprint density at radius 2 is 2.46 bits per heavy atom. The van der Waals surface area contributed by atoms with E-state index in [9.17, 15) is 0 Å². The Morgan fingerprint density at radius 1 is 1.54 bits per heavy atom. The minimum atomic E-state index is 0.431. The summed E-state index contributed by atoms with van der Waals surface area (Å²) in [6, 6.07) is 0. The van der Waals surface area contributed by atoms with Crippen LogP contribution in [-0.2, 0) is 6.54 Å². The van der Waals surface area contributed by atoms with E-state index in [1.807, 2.05) is 11.8 Å². The van der Waals surface area contributed by atoms with Crippen molar-refractivity contribution in [3.8, 4) is 0 Å². The van der Waals surface area contributed by atoms with Crippen LogP contribution >= 0.6 is 11.8 Å². The molecule has 1 aliphatic rings. The van der Waals surface area contributed by atoms with Crippen molar-refractivity contribution in [3.05, 3.63) is 11.4 Å². The molecule has 0 spiro atoms. The highest BCUT2D eigenvalue weighted by atomic mass is 32.2. The molecule has 1 saturated heterocycles. The molecule has 1 unspecified atom stereocenters. The van der Waals surface area contributed by atoms with Gasteiger partial charge >= 0.3 is 0 Å². The summed E-state index contributed by atoms with van der Waals surface area (Å²) in [5.41, 5.74) is 7.34. The zero-order valence-corrected chi connectivity index (χ0v) is 8.22. The summed E-state index contributed by atoms with van der Waals surface area (Å²) < 4.78 is 4.70. The fraction of sp³-hybridized carbons (Fsp3) is 0.750. The van der Waals surface area contributed by atoms with Gasteiger partial charge in [-0.05, 0) is 18.6 Å². The van der Waals surface area contributed by atoms with Crippen molar-refractivity contribution in [2.75, 3.05) is 11.5 Å². The van der Waals surface area contributed by atoms with E-state index in [4.69, 9.17) is 10.4 Å². The fourth-order valence-electron chi connectivity index (χ4n) is 1.62. The van der Waals surface area contributed by atoms with Gasteiger partial charge in [0.25, 0.3) is 0 Å². The minimum absolute atomic E-state index is 0.431. The lowest BCUT2D eigenvalue weighted by Crippen LogP contribution is -2.12. The Labute approximate surface area is 81.2 Å². The molecule has 1 aliphatic heterocycles. The molecule has 1 atom stereocenters. The Balaban J connectivity index is 2.13. The number of nitrogens with zero attached hydrogens (tertiary/aromatic N) is 2. The van der Waals surface area contributed by atoms with Crippen LogP contribution in [0.15, 0.2) is 4.63 Å². The Morgan fingerprint density at radius 3 is 3.15 bits per heavy atom. The van der Waals surface area contributed by atoms with Crippen LogP contribution in [0.1, 0.15) is 30.1 Å². The maximum atomic E-state index is 5.53. The van der Waals surface area contributed by atoms with Crippen LogP contribution in [0.2, 0.25) is 0 Å². The predicted molar refractivity (Wildman–Crippen MR) is 51.5 cm³/mol. The summed E-state index contributed by atoms with van der Waals surface area (Å²) in [5.74, 6) is 2.89. The maximum Gasteiger partial charge on any atom is 0.122 e. The van der Waals surface area contributed by atoms with E-state index in [1.54, 1.807) is 0 Å². The molecular formula is C8H13N3OS. The van der Waals surface area contributed by atoms with Crippen molar-refractivity contribution >= 4 is 11.8 Å². The third-order valence-corrected chi connectivity index (χ3v) is 3.54. The van der Waals surface area contributed by atoms with Gasteiger partial charge in [-0.2, -0.15) is 11.8 Å². The van der Waals surface area contributed by atoms with E-state index in [1.165, 1.54) is 18.6 Å². The molecule has 2 N–H and O–H groups in total. The lowest BCUT2D eigenvalue weighted by molar-refractivity contribution is 0.298. The second kappa shape index (κ2) is 4.11. The molecule has 13 heavy (non-hydrogen) atoms. The van der Waals surface area contributed by atoms with Crippen LogP contribution in [0.4, 0.5) is 0 Å². The molecule has 0 amide bonds. The molecule has 2 heterocycles. The second-order valence-electron chi connectivity index (χ2n) is 3.21. The first-order valence-electron chi connectivity index (χ1n) is 4.51. The number of hydrogen-bond acceptors (Lipinski definition) is 5. The molecule has 5 heteroatoms. The quantitative estimate of drug-likeness (QED) is 0.773. The van der Waals surface area contributed by atoms with Crippen LogP contribution < -0.4 is 5.73 Å². The van der Waals surface area contributed by atoms with Crippen molar-refractivity contribution in [2.45, 2.75) is 25.3 Å². The van der Waals surface area contributed by atoms with Gasteiger partial charge in [-0.3, -0.25) is 0 Å². The van der Waals surface area contributed by atoms with Crippen molar-refractivity contribution in [2.24, 2.45) is 5.73 Å². The molecular weight excluding hydrogens is 186 g/mol. The van der Waals surface area contributed by atoms with Crippen molar-refractivity contribution in [1.82, 2.24) is 10.3 Å². The molecule has 0 aliphatic carbocycles. The summed E-state index contributed by atoms with van der Waals surface area (Å²) in [4.78, 5) is 0. The van der Waals surface area contributed by atoms with E-state index in [0.717, 1.165) is 17.1 Å². The fourth-order valence-corrected chi connectivity index (χ4v) is 2.77. The van der Waals surface area contributed by atoms with Crippen molar-refractivity contribution in [3.63, 3.8) is 0 Å².